The summed E-state index contributed by atoms with van der Waals surface area (Å²) < 4.78 is 0. The normalized spacial score (nSPS) is 9.41. The van der Waals surface area contributed by atoms with Crippen LogP contribution in [0.5, 0.6) is 0 Å². The number of rotatable bonds is 6. The maximum absolute atomic E-state index is 11.1. The third-order valence-electron chi connectivity index (χ3n) is 2.38. The fourth-order valence-corrected chi connectivity index (χ4v) is 1.50. The van der Waals surface area contributed by atoms with E-state index in [2.05, 4.69) is 11.5 Å². The van der Waals surface area contributed by atoms with Gasteiger partial charge in [-0.3, -0.25) is 10.2 Å². The Morgan fingerprint density at radius 3 is 2.65 bits per heavy atom. The van der Waals surface area contributed by atoms with Gasteiger partial charge in [-0.05, 0) is 12.1 Å². The number of nitrogens with one attached hydrogen (secondary N) is 1. The molecule has 5 nitrogen and oxygen atoms in total. The minimum Gasteiger partial charge on any atom is -0.370 e. The SMILES string of the molecule is N#CCCN(CCC(=O)NN)c1ccccc1. The lowest BCUT2D eigenvalue weighted by atomic mass is 10.2. The molecule has 90 valence electrons. The molecule has 0 saturated carbocycles. The van der Waals surface area contributed by atoms with Crippen molar-refractivity contribution in [3.8, 4) is 6.07 Å². The minimum atomic E-state index is -0.206. The van der Waals surface area contributed by atoms with Crippen LogP contribution in [0.1, 0.15) is 12.8 Å². The first-order valence-electron chi connectivity index (χ1n) is 5.44. The number of carbonyl (C=O) groups is 1. The second kappa shape index (κ2) is 7.25. The van der Waals surface area contributed by atoms with Crippen molar-refractivity contribution in [2.45, 2.75) is 12.8 Å². The molecule has 0 heterocycles. The summed E-state index contributed by atoms with van der Waals surface area (Å²) in [4.78, 5) is 13.1. The molecule has 0 radical (unpaired) electrons. The van der Waals surface area contributed by atoms with E-state index in [1.54, 1.807) is 0 Å². The van der Waals surface area contributed by atoms with Crippen molar-refractivity contribution < 1.29 is 4.79 Å². The van der Waals surface area contributed by atoms with E-state index in [1.165, 1.54) is 0 Å². The van der Waals surface area contributed by atoms with Gasteiger partial charge in [0.25, 0.3) is 0 Å². The van der Waals surface area contributed by atoms with Gasteiger partial charge in [0.15, 0.2) is 0 Å². The van der Waals surface area contributed by atoms with Gasteiger partial charge in [-0.2, -0.15) is 5.26 Å². The molecule has 17 heavy (non-hydrogen) atoms. The van der Waals surface area contributed by atoms with Crippen LogP contribution in [0.15, 0.2) is 30.3 Å². The fraction of sp³-hybridized carbons (Fsp3) is 0.333. The van der Waals surface area contributed by atoms with Gasteiger partial charge in [0.05, 0.1) is 12.5 Å². The molecular formula is C12H16N4O. The Balaban J connectivity index is 2.61. The number of carbonyl (C=O) groups excluding carboxylic acids is 1. The predicted molar refractivity (Wildman–Crippen MR) is 65.8 cm³/mol. The van der Waals surface area contributed by atoms with Gasteiger partial charge < -0.3 is 4.90 Å². The summed E-state index contributed by atoms with van der Waals surface area (Å²) in [6.07, 6.45) is 0.746. The molecule has 0 bridgehead atoms. The summed E-state index contributed by atoms with van der Waals surface area (Å²) in [5.41, 5.74) is 3.10. The van der Waals surface area contributed by atoms with E-state index >= 15 is 0 Å². The van der Waals surface area contributed by atoms with Crippen molar-refractivity contribution >= 4 is 11.6 Å². The molecule has 1 amide bonds. The van der Waals surface area contributed by atoms with Crippen LogP contribution in [0, 0.1) is 11.3 Å². The summed E-state index contributed by atoms with van der Waals surface area (Å²) >= 11 is 0. The zero-order valence-corrected chi connectivity index (χ0v) is 9.60. The standard InChI is InChI=1S/C12H16N4O/c13-8-4-9-16(10-7-12(17)15-14)11-5-2-1-3-6-11/h1-3,5-6H,4,7,9-10,14H2,(H,15,17). The number of anilines is 1. The van der Waals surface area contributed by atoms with Crippen LogP contribution in [-0.2, 0) is 4.79 Å². The largest absolute Gasteiger partial charge is 0.370 e. The third kappa shape index (κ3) is 4.53. The van der Waals surface area contributed by atoms with E-state index < -0.39 is 0 Å². The highest BCUT2D eigenvalue weighted by Gasteiger charge is 2.07. The predicted octanol–water partition coefficient (Wildman–Crippen LogP) is 0.787. The molecule has 0 saturated heterocycles. The van der Waals surface area contributed by atoms with E-state index in [-0.39, 0.29) is 5.91 Å². The molecular weight excluding hydrogens is 216 g/mol. The molecule has 5 heteroatoms. The molecule has 0 spiro atoms. The number of para-hydroxylation sites is 1. The number of hydrogen-bond acceptors (Lipinski definition) is 4. The van der Waals surface area contributed by atoms with E-state index in [4.69, 9.17) is 11.1 Å². The van der Waals surface area contributed by atoms with Crippen molar-refractivity contribution in [3.05, 3.63) is 30.3 Å². The van der Waals surface area contributed by atoms with Gasteiger partial charge in [0.2, 0.25) is 5.91 Å². The summed E-state index contributed by atoms with van der Waals surface area (Å²) in [5, 5.41) is 8.61. The maximum Gasteiger partial charge on any atom is 0.235 e. The van der Waals surface area contributed by atoms with Crippen LogP contribution in [0.2, 0.25) is 0 Å². The quantitative estimate of drug-likeness (QED) is 0.431. The Hall–Kier alpha value is -2.06. The van der Waals surface area contributed by atoms with Crippen LogP contribution in [0.4, 0.5) is 5.69 Å². The first-order valence-corrected chi connectivity index (χ1v) is 5.44. The number of nitrogens with two attached hydrogens (primary N) is 1. The van der Waals surface area contributed by atoms with E-state index in [0.717, 1.165) is 5.69 Å². The van der Waals surface area contributed by atoms with Crippen LogP contribution in [-0.4, -0.2) is 19.0 Å². The highest BCUT2D eigenvalue weighted by molar-refractivity contribution is 5.75. The average Bonchev–Trinajstić information content (AvgIpc) is 2.39. The average molecular weight is 232 g/mol. The zero-order chi connectivity index (χ0) is 12.5. The van der Waals surface area contributed by atoms with Crippen LogP contribution >= 0.6 is 0 Å². The third-order valence-corrected chi connectivity index (χ3v) is 2.38. The fourth-order valence-electron chi connectivity index (χ4n) is 1.50. The molecule has 0 atom stereocenters. The maximum atomic E-state index is 11.1. The number of hydrazine groups is 1. The second-order valence-electron chi connectivity index (χ2n) is 3.55. The van der Waals surface area contributed by atoms with Gasteiger partial charge in [0, 0.05) is 25.2 Å². The minimum absolute atomic E-state index is 0.206. The van der Waals surface area contributed by atoms with Gasteiger partial charge in [-0.15, -0.1) is 0 Å². The number of hydrogen-bond donors (Lipinski definition) is 2. The molecule has 0 unspecified atom stereocenters. The zero-order valence-electron chi connectivity index (χ0n) is 9.60. The topological polar surface area (TPSA) is 82.2 Å². The van der Waals surface area contributed by atoms with Gasteiger partial charge >= 0.3 is 0 Å². The van der Waals surface area contributed by atoms with E-state index in [1.807, 2.05) is 35.2 Å². The Morgan fingerprint density at radius 1 is 1.35 bits per heavy atom. The number of benzene rings is 1. The molecule has 1 aromatic rings. The van der Waals surface area contributed by atoms with Crippen molar-refractivity contribution in [2.24, 2.45) is 5.84 Å². The molecule has 0 aliphatic rings. The first-order chi connectivity index (χ1) is 8.27. The van der Waals surface area contributed by atoms with Crippen molar-refractivity contribution in [3.63, 3.8) is 0 Å². The Bertz CT molecular complexity index is 385. The van der Waals surface area contributed by atoms with Crippen LogP contribution in [0.3, 0.4) is 0 Å². The summed E-state index contributed by atoms with van der Waals surface area (Å²) in [6.45, 7) is 1.16. The van der Waals surface area contributed by atoms with Gasteiger partial charge in [-0.1, -0.05) is 18.2 Å². The number of nitriles is 1. The monoisotopic (exact) mass is 232 g/mol. The van der Waals surface area contributed by atoms with E-state index in [9.17, 15) is 4.79 Å². The lowest BCUT2D eigenvalue weighted by molar-refractivity contribution is -0.120. The molecule has 1 rings (SSSR count). The van der Waals surface area contributed by atoms with E-state index in [0.29, 0.717) is 25.9 Å². The Morgan fingerprint density at radius 2 is 2.06 bits per heavy atom. The summed E-state index contributed by atoms with van der Waals surface area (Å²) in [7, 11) is 0. The smallest absolute Gasteiger partial charge is 0.235 e. The van der Waals surface area contributed by atoms with Crippen molar-refractivity contribution in [2.75, 3.05) is 18.0 Å². The molecule has 0 aromatic heterocycles. The van der Waals surface area contributed by atoms with Crippen molar-refractivity contribution in [1.82, 2.24) is 5.43 Å². The highest BCUT2D eigenvalue weighted by Crippen LogP contribution is 2.13. The highest BCUT2D eigenvalue weighted by atomic mass is 16.2. The Labute approximate surface area is 101 Å². The number of nitrogens with zero attached hydrogens (tertiary/aromatic N) is 2. The molecule has 0 aliphatic carbocycles. The lowest BCUT2D eigenvalue weighted by Gasteiger charge is -2.23. The molecule has 0 fully saturated rings. The van der Waals surface area contributed by atoms with Gasteiger partial charge in [0.1, 0.15) is 0 Å². The lowest BCUT2D eigenvalue weighted by Crippen LogP contribution is -2.34. The molecule has 0 aliphatic heterocycles. The molecule has 3 N–H and O–H groups in total. The summed E-state index contributed by atoms with van der Waals surface area (Å²) in [6, 6.07) is 11.8. The van der Waals surface area contributed by atoms with Crippen LogP contribution < -0.4 is 16.2 Å². The second-order valence-corrected chi connectivity index (χ2v) is 3.55. The van der Waals surface area contributed by atoms with Gasteiger partial charge in [-0.25, -0.2) is 5.84 Å². The van der Waals surface area contributed by atoms with Crippen LogP contribution in [0.25, 0.3) is 0 Å². The summed E-state index contributed by atoms with van der Waals surface area (Å²) in [5.74, 6) is 4.82. The Kier molecular flexibility index (Phi) is 5.55. The molecule has 1 aromatic carbocycles. The first kappa shape index (κ1) is 13.0. The van der Waals surface area contributed by atoms with Crippen molar-refractivity contribution in [1.29, 1.82) is 5.26 Å². The number of amides is 1.